The number of nitro groups is 1. The molecule has 9 nitrogen and oxygen atoms in total. The van der Waals surface area contributed by atoms with Gasteiger partial charge in [-0.25, -0.2) is 5.43 Å². The summed E-state index contributed by atoms with van der Waals surface area (Å²) in [5, 5.41) is 27.5. The van der Waals surface area contributed by atoms with E-state index in [4.69, 9.17) is 0 Å². The highest BCUT2D eigenvalue weighted by Gasteiger charge is 2.10. The van der Waals surface area contributed by atoms with Gasteiger partial charge in [0.15, 0.2) is 0 Å². The van der Waals surface area contributed by atoms with Crippen molar-refractivity contribution in [2.75, 3.05) is 0 Å². The molecule has 0 fully saturated rings. The lowest BCUT2D eigenvalue weighted by molar-refractivity contribution is -0.385. The molecular weight excluding hydrogens is 358 g/mol. The van der Waals surface area contributed by atoms with Crippen molar-refractivity contribution >= 4 is 33.7 Å². The summed E-state index contributed by atoms with van der Waals surface area (Å²) >= 11 is 3.25. The number of phenols is 1. The molecular formula is C12H10BrN5O4. The Balaban J connectivity index is 1.93. The van der Waals surface area contributed by atoms with Crippen LogP contribution in [0.5, 0.6) is 5.75 Å². The first kappa shape index (κ1) is 15.6. The highest BCUT2D eigenvalue weighted by molar-refractivity contribution is 9.10. The van der Waals surface area contributed by atoms with Gasteiger partial charge in [0.1, 0.15) is 24.7 Å². The van der Waals surface area contributed by atoms with Crippen LogP contribution in [0.1, 0.15) is 5.56 Å². The number of carbonyl (C=O) groups excluding carboxylic acids is 1. The topological polar surface area (TPSA) is 123 Å². The third-order valence-corrected chi connectivity index (χ3v) is 3.01. The number of amides is 1. The molecule has 2 rings (SSSR count). The average molecular weight is 368 g/mol. The number of hydrazone groups is 1. The lowest BCUT2D eigenvalue weighted by Crippen LogP contribution is -2.23. The summed E-state index contributed by atoms with van der Waals surface area (Å²) in [6, 6.07) is 4.77. The average Bonchev–Trinajstić information content (AvgIpc) is 2.91. The summed E-state index contributed by atoms with van der Waals surface area (Å²) in [5.74, 6) is -0.493. The van der Waals surface area contributed by atoms with Crippen molar-refractivity contribution in [1.29, 1.82) is 0 Å². The van der Waals surface area contributed by atoms with Gasteiger partial charge in [-0.1, -0.05) is 15.9 Å². The Bertz CT molecular complexity index is 743. The van der Waals surface area contributed by atoms with Crippen LogP contribution in [0.15, 0.2) is 40.2 Å². The predicted molar refractivity (Wildman–Crippen MR) is 80.4 cm³/mol. The molecule has 1 aromatic heterocycles. The SMILES string of the molecule is O=C(Cn1cc([N+](=O)[O-])cn1)N/N=C/c1cc(Br)ccc1O. The first-order valence-electron chi connectivity index (χ1n) is 5.93. The largest absolute Gasteiger partial charge is 0.507 e. The van der Waals surface area contributed by atoms with Crippen LogP contribution in [0, 0.1) is 10.1 Å². The second kappa shape index (κ2) is 6.80. The van der Waals surface area contributed by atoms with E-state index in [-0.39, 0.29) is 18.0 Å². The Hall–Kier alpha value is -2.75. The molecule has 114 valence electrons. The van der Waals surface area contributed by atoms with Crippen LogP contribution in [0.2, 0.25) is 0 Å². The highest BCUT2D eigenvalue weighted by Crippen LogP contribution is 2.19. The van der Waals surface area contributed by atoms with Gasteiger partial charge < -0.3 is 5.11 Å². The van der Waals surface area contributed by atoms with Crippen LogP contribution in [-0.2, 0) is 11.3 Å². The first-order valence-corrected chi connectivity index (χ1v) is 6.72. The third kappa shape index (κ3) is 4.12. The van der Waals surface area contributed by atoms with Crippen LogP contribution in [-0.4, -0.2) is 31.9 Å². The minimum atomic E-state index is -0.602. The maximum Gasteiger partial charge on any atom is 0.307 e. The standard InChI is InChI=1S/C12H10BrN5O4/c13-9-1-2-11(19)8(3-9)4-14-16-12(20)7-17-6-10(5-15-17)18(21)22/h1-6,19H,7H2,(H,16,20)/b14-4+. The molecule has 2 aromatic rings. The molecule has 1 aromatic carbocycles. The molecule has 0 bridgehead atoms. The summed E-state index contributed by atoms with van der Waals surface area (Å²) < 4.78 is 1.88. The Morgan fingerprint density at radius 1 is 1.59 bits per heavy atom. The van der Waals surface area contributed by atoms with Gasteiger partial charge >= 0.3 is 5.69 Å². The van der Waals surface area contributed by atoms with Crippen molar-refractivity contribution in [1.82, 2.24) is 15.2 Å². The fourth-order valence-corrected chi connectivity index (χ4v) is 1.90. The quantitative estimate of drug-likeness (QED) is 0.469. The fraction of sp³-hybridized carbons (Fsp3) is 0.0833. The second-order valence-electron chi connectivity index (χ2n) is 4.15. The molecule has 0 saturated heterocycles. The van der Waals surface area contributed by atoms with E-state index in [0.717, 1.165) is 21.5 Å². The van der Waals surface area contributed by atoms with E-state index in [1.807, 2.05) is 0 Å². The molecule has 0 atom stereocenters. The van der Waals surface area contributed by atoms with E-state index >= 15 is 0 Å². The lowest BCUT2D eigenvalue weighted by atomic mass is 10.2. The highest BCUT2D eigenvalue weighted by atomic mass is 79.9. The minimum Gasteiger partial charge on any atom is -0.507 e. The van der Waals surface area contributed by atoms with E-state index in [1.54, 1.807) is 12.1 Å². The summed E-state index contributed by atoms with van der Waals surface area (Å²) in [5.41, 5.74) is 2.46. The summed E-state index contributed by atoms with van der Waals surface area (Å²) in [6.45, 7) is -0.213. The van der Waals surface area contributed by atoms with E-state index in [2.05, 4.69) is 31.6 Å². The monoisotopic (exact) mass is 367 g/mol. The zero-order valence-electron chi connectivity index (χ0n) is 11.0. The first-order chi connectivity index (χ1) is 10.5. The van der Waals surface area contributed by atoms with E-state index in [9.17, 15) is 20.0 Å². The summed E-state index contributed by atoms with van der Waals surface area (Å²) in [4.78, 5) is 21.5. The van der Waals surface area contributed by atoms with Crippen LogP contribution in [0.25, 0.3) is 0 Å². The van der Waals surface area contributed by atoms with Gasteiger partial charge in [0.25, 0.3) is 5.91 Å². The van der Waals surface area contributed by atoms with E-state index in [0.29, 0.717) is 5.56 Å². The molecule has 1 heterocycles. The maximum absolute atomic E-state index is 11.6. The van der Waals surface area contributed by atoms with Crippen molar-refractivity contribution in [3.8, 4) is 5.75 Å². The molecule has 0 spiro atoms. The number of nitrogens with zero attached hydrogens (tertiary/aromatic N) is 4. The van der Waals surface area contributed by atoms with Crippen LogP contribution >= 0.6 is 15.9 Å². The van der Waals surface area contributed by atoms with Gasteiger partial charge in [0, 0.05) is 10.0 Å². The number of benzene rings is 1. The molecule has 22 heavy (non-hydrogen) atoms. The van der Waals surface area contributed by atoms with Gasteiger partial charge in [-0.3, -0.25) is 19.6 Å². The molecule has 0 aliphatic rings. The van der Waals surface area contributed by atoms with Crippen LogP contribution in [0.4, 0.5) is 5.69 Å². The number of carbonyl (C=O) groups is 1. The van der Waals surface area contributed by atoms with Crippen LogP contribution < -0.4 is 5.43 Å². The third-order valence-electron chi connectivity index (χ3n) is 2.52. The lowest BCUT2D eigenvalue weighted by Gasteiger charge is -2.01. The second-order valence-corrected chi connectivity index (χ2v) is 5.07. The fourth-order valence-electron chi connectivity index (χ4n) is 1.52. The smallest absolute Gasteiger partial charge is 0.307 e. The van der Waals surface area contributed by atoms with Crippen molar-refractivity contribution in [2.45, 2.75) is 6.54 Å². The molecule has 0 aliphatic carbocycles. The number of rotatable bonds is 5. The van der Waals surface area contributed by atoms with Crippen LogP contribution in [0.3, 0.4) is 0 Å². The maximum atomic E-state index is 11.6. The molecule has 0 unspecified atom stereocenters. The zero-order valence-corrected chi connectivity index (χ0v) is 12.6. The predicted octanol–water partition coefficient (Wildman–Crippen LogP) is 1.41. The summed E-state index contributed by atoms with van der Waals surface area (Å²) in [7, 11) is 0. The number of aromatic nitrogens is 2. The molecule has 0 radical (unpaired) electrons. The number of phenolic OH excluding ortho intramolecular Hbond substituents is 1. The zero-order chi connectivity index (χ0) is 16.1. The Morgan fingerprint density at radius 2 is 2.36 bits per heavy atom. The Morgan fingerprint density at radius 3 is 3.05 bits per heavy atom. The number of nitrogens with one attached hydrogen (secondary N) is 1. The molecule has 0 saturated carbocycles. The van der Waals surface area contributed by atoms with Gasteiger partial charge in [-0.15, -0.1) is 0 Å². The van der Waals surface area contributed by atoms with Gasteiger partial charge in [-0.05, 0) is 18.2 Å². The van der Waals surface area contributed by atoms with Gasteiger partial charge in [0.05, 0.1) is 11.1 Å². The van der Waals surface area contributed by atoms with E-state index in [1.165, 1.54) is 12.3 Å². The molecule has 0 aliphatic heterocycles. The summed E-state index contributed by atoms with van der Waals surface area (Å²) in [6.07, 6.45) is 3.48. The minimum absolute atomic E-state index is 0.0175. The number of hydrogen-bond acceptors (Lipinski definition) is 6. The van der Waals surface area contributed by atoms with Gasteiger partial charge in [0.2, 0.25) is 0 Å². The van der Waals surface area contributed by atoms with E-state index < -0.39 is 10.8 Å². The molecule has 10 heteroatoms. The number of hydrogen-bond donors (Lipinski definition) is 2. The Labute approximate surface area is 132 Å². The molecule has 1 amide bonds. The Kier molecular flexibility index (Phi) is 4.84. The number of aromatic hydroxyl groups is 1. The van der Waals surface area contributed by atoms with Crippen molar-refractivity contribution in [2.24, 2.45) is 5.10 Å². The van der Waals surface area contributed by atoms with Crippen molar-refractivity contribution in [3.63, 3.8) is 0 Å². The normalized spacial score (nSPS) is 10.8. The van der Waals surface area contributed by atoms with Crippen molar-refractivity contribution < 1.29 is 14.8 Å². The number of halogens is 1. The van der Waals surface area contributed by atoms with Gasteiger partial charge in [-0.2, -0.15) is 10.2 Å². The molecule has 2 N–H and O–H groups in total. The van der Waals surface area contributed by atoms with Crippen molar-refractivity contribution in [3.05, 3.63) is 50.7 Å².